The van der Waals surface area contributed by atoms with Crippen molar-refractivity contribution in [2.75, 3.05) is 7.11 Å². The third kappa shape index (κ3) is 5.40. The number of esters is 1. The van der Waals surface area contributed by atoms with Crippen LogP contribution in [0.5, 0.6) is 0 Å². The van der Waals surface area contributed by atoms with Crippen LogP contribution in [0.4, 0.5) is 4.79 Å². The first kappa shape index (κ1) is 12.7. The van der Waals surface area contributed by atoms with E-state index in [2.05, 4.69) is 10.1 Å². The number of hydrogen-bond donors (Lipinski definition) is 1. The Balaban J connectivity index is 4.07. The van der Waals surface area contributed by atoms with Crippen molar-refractivity contribution in [3.05, 3.63) is 0 Å². The van der Waals surface area contributed by atoms with Crippen molar-refractivity contribution >= 4 is 12.1 Å². The van der Waals surface area contributed by atoms with E-state index in [1.54, 1.807) is 20.8 Å². The Hall–Kier alpha value is -1.26. The molecule has 0 spiro atoms. The Bertz CT molecular complexity index is 219. The number of carbonyl (C=O) groups is 2. The molecule has 0 aromatic carbocycles. The number of ether oxygens (including phenoxy) is 2. The average molecular weight is 203 g/mol. The molecule has 0 heterocycles. The summed E-state index contributed by atoms with van der Waals surface area (Å²) in [7, 11) is 1.23. The quantitative estimate of drug-likeness (QED) is 0.682. The van der Waals surface area contributed by atoms with Gasteiger partial charge in [-0.1, -0.05) is 0 Å². The summed E-state index contributed by atoms with van der Waals surface area (Å²) >= 11 is 0. The van der Waals surface area contributed by atoms with Gasteiger partial charge in [0.25, 0.3) is 0 Å². The lowest BCUT2D eigenvalue weighted by atomic mass is 10.2. The maximum absolute atomic E-state index is 11.3. The number of alkyl carbamates (subject to hydrolysis) is 1. The van der Waals surface area contributed by atoms with E-state index in [1.807, 2.05) is 0 Å². The molecule has 1 atom stereocenters. The second kappa shape index (κ2) is 4.83. The minimum Gasteiger partial charge on any atom is -0.458 e. The van der Waals surface area contributed by atoms with E-state index in [0.717, 1.165) is 0 Å². The van der Waals surface area contributed by atoms with Crippen molar-refractivity contribution < 1.29 is 19.1 Å². The summed E-state index contributed by atoms with van der Waals surface area (Å²) in [6.45, 7) is 6.81. The summed E-state index contributed by atoms with van der Waals surface area (Å²) in [5, 5.41) is 2.32. The lowest BCUT2D eigenvalue weighted by Crippen LogP contribution is -2.42. The predicted octanol–water partition coefficient (Wildman–Crippen LogP) is 1.07. The molecule has 0 aliphatic heterocycles. The molecule has 0 bridgehead atoms. The molecule has 0 aromatic heterocycles. The van der Waals surface area contributed by atoms with Crippen molar-refractivity contribution in [3.8, 4) is 0 Å². The highest BCUT2D eigenvalue weighted by molar-refractivity contribution is 5.81. The highest BCUT2D eigenvalue weighted by Gasteiger charge is 2.22. The van der Waals surface area contributed by atoms with E-state index in [0.29, 0.717) is 0 Å². The molecule has 0 radical (unpaired) electrons. The van der Waals surface area contributed by atoms with Crippen molar-refractivity contribution in [2.45, 2.75) is 39.3 Å². The maximum atomic E-state index is 11.3. The molecule has 0 saturated carbocycles. The molecule has 0 aromatic rings. The van der Waals surface area contributed by atoms with Gasteiger partial charge in [0.15, 0.2) is 0 Å². The number of carbonyl (C=O) groups excluding carboxylic acids is 2. The zero-order valence-corrected chi connectivity index (χ0v) is 9.21. The molecule has 0 saturated heterocycles. The van der Waals surface area contributed by atoms with Crippen LogP contribution in [-0.2, 0) is 14.3 Å². The van der Waals surface area contributed by atoms with Gasteiger partial charge in [-0.05, 0) is 27.7 Å². The second-order valence-electron chi connectivity index (χ2n) is 3.89. The van der Waals surface area contributed by atoms with Gasteiger partial charge < -0.3 is 14.8 Å². The molecule has 0 rings (SSSR count). The van der Waals surface area contributed by atoms with Crippen molar-refractivity contribution in [1.82, 2.24) is 5.32 Å². The van der Waals surface area contributed by atoms with E-state index < -0.39 is 23.7 Å². The van der Waals surface area contributed by atoms with Gasteiger partial charge in [0, 0.05) is 0 Å². The van der Waals surface area contributed by atoms with Crippen LogP contribution in [0.1, 0.15) is 27.7 Å². The minimum atomic E-state index is -0.707. The van der Waals surface area contributed by atoms with Crippen LogP contribution in [0.2, 0.25) is 0 Å². The van der Waals surface area contributed by atoms with Gasteiger partial charge in [-0.25, -0.2) is 9.59 Å². The van der Waals surface area contributed by atoms with E-state index in [1.165, 1.54) is 14.0 Å². The van der Waals surface area contributed by atoms with Crippen molar-refractivity contribution in [2.24, 2.45) is 0 Å². The summed E-state index contributed by atoms with van der Waals surface area (Å²) in [5.41, 5.74) is -0.552. The molecular formula is C9H17NO4. The number of hydrogen-bond acceptors (Lipinski definition) is 4. The van der Waals surface area contributed by atoms with E-state index >= 15 is 0 Å². The average Bonchev–Trinajstić information content (AvgIpc) is 2.00. The zero-order chi connectivity index (χ0) is 11.4. The van der Waals surface area contributed by atoms with Crippen LogP contribution in [0.25, 0.3) is 0 Å². The fourth-order valence-electron chi connectivity index (χ4n) is 0.685. The van der Waals surface area contributed by atoms with Crippen LogP contribution in [-0.4, -0.2) is 30.8 Å². The molecule has 14 heavy (non-hydrogen) atoms. The Labute approximate surface area is 83.8 Å². The predicted molar refractivity (Wildman–Crippen MR) is 50.8 cm³/mol. The monoisotopic (exact) mass is 203 g/mol. The van der Waals surface area contributed by atoms with Crippen LogP contribution in [0.3, 0.4) is 0 Å². The fraction of sp³-hybridized carbons (Fsp3) is 0.778. The Morgan fingerprint density at radius 1 is 1.29 bits per heavy atom. The first-order chi connectivity index (χ1) is 6.26. The highest BCUT2D eigenvalue weighted by atomic mass is 16.6. The number of nitrogens with one attached hydrogen (secondary N) is 1. The molecule has 0 aliphatic carbocycles. The SMILES string of the molecule is COC(=O)NC(C)C(=O)OC(C)(C)C. The van der Waals surface area contributed by atoms with Gasteiger partial charge in [-0.2, -0.15) is 0 Å². The molecule has 5 heteroatoms. The Kier molecular flexibility index (Phi) is 4.40. The number of methoxy groups -OCH3 is 1. The Morgan fingerprint density at radius 2 is 1.79 bits per heavy atom. The second-order valence-corrected chi connectivity index (χ2v) is 3.89. The molecule has 1 unspecified atom stereocenters. The van der Waals surface area contributed by atoms with Crippen molar-refractivity contribution in [1.29, 1.82) is 0 Å². The number of rotatable bonds is 2. The molecule has 82 valence electrons. The lowest BCUT2D eigenvalue weighted by molar-refractivity contribution is -0.156. The van der Waals surface area contributed by atoms with Gasteiger partial charge in [0.05, 0.1) is 7.11 Å². The van der Waals surface area contributed by atoms with Gasteiger partial charge in [0.2, 0.25) is 0 Å². The first-order valence-electron chi connectivity index (χ1n) is 4.33. The first-order valence-corrected chi connectivity index (χ1v) is 4.33. The minimum absolute atomic E-state index is 0.483. The third-order valence-corrected chi connectivity index (χ3v) is 1.28. The smallest absolute Gasteiger partial charge is 0.407 e. The van der Waals surface area contributed by atoms with Crippen LogP contribution < -0.4 is 5.32 Å². The van der Waals surface area contributed by atoms with Gasteiger partial charge in [-0.15, -0.1) is 0 Å². The summed E-state index contributed by atoms with van der Waals surface area (Å²) in [6.07, 6.45) is -0.650. The third-order valence-electron chi connectivity index (χ3n) is 1.28. The maximum Gasteiger partial charge on any atom is 0.407 e. The molecule has 1 N–H and O–H groups in total. The van der Waals surface area contributed by atoms with Crippen LogP contribution in [0.15, 0.2) is 0 Å². The summed E-state index contributed by atoms with van der Waals surface area (Å²) in [5.74, 6) is -0.483. The summed E-state index contributed by atoms with van der Waals surface area (Å²) in [6, 6.07) is -0.707. The van der Waals surface area contributed by atoms with Gasteiger partial charge >= 0.3 is 12.1 Å². The lowest BCUT2D eigenvalue weighted by Gasteiger charge is -2.22. The van der Waals surface area contributed by atoms with Gasteiger partial charge in [0.1, 0.15) is 11.6 Å². The largest absolute Gasteiger partial charge is 0.458 e. The molecule has 5 nitrogen and oxygen atoms in total. The zero-order valence-electron chi connectivity index (χ0n) is 9.21. The topological polar surface area (TPSA) is 64.6 Å². The van der Waals surface area contributed by atoms with Crippen LogP contribution >= 0.6 is 0 Å². The fourth-order valence-corrected chi connectivity index (χ4v) is 0.685. The number of amides is 1. The highest BCUT2D eigenvalue weighted by Crippen LogP contribution is 2.08. The van der Waals surface area contributed by atoms with E-state index in [-0.39, 0.29) is 0 Å². The molecule has 0 aliphatic rings. The van der Waals surface area contributed by atoms with Crippen molar-refractivity contribution in [3.63, 3.8) is 0 Å². The molecule has 0 fully saturated rings. The standard InChI is InChI=1S/C9H17NO4/c1-6(10-8(12)13-5)7(11)14-9(2,3)4/h6H,1-5H3,(H,10,12). The van der Waals surface area contributed by atoms with E-state index in [9.17, 15) is 9.59 Å². The Morgan fingerprint density at radius 3 is 2.14 bits per heavy atom. The van der Waals surface area contributed by atoms with Crippen LogP contribution in [0, 0.1) is 0 Å². The normalized spacial score (nSPS) is 12.9. The summed E-state index contributed by atoms with van der Waals surface area (Å²) < 4.78 is 9.38. The molecule has 1 amide bonds. The summed E-state index contributed by atoms with van der Waals surface area (Å²) in [4.78, 5) is 22.1. The van der Waals surface area contributed by atoms with Gasteiger partial charge in [-0.3, -0.25) is 0 Å². The molecular weight excluding hydrogens is 186 g/mol. The van der Waals surface area contributed by atoms with E-state index in [4.69, 9.17) is 4.74 Å².